The fourth-order valence-corrected chi connectivity index (χ4v) is 2.80. The summed E-state index contributed by atoms with van der Waals surface area (Å²) in [6.07, 6.45) is 1.70. The van der Waals surface area contributed by atoms with E-state index < -0.39 is 16.4 Å². The Morgan fingerprint density at radius 3 is 2.94 bits per heavy atom. The number of benzene rings is 1. The lowest BCUT2D eigenvalue weighted by Crippen LogP contribution is -1.93. The van der Waals surface area contributed by atoms with E-state index in [0.29, 0.717) is 11.3 Å². The number of hydrogen-bond donors (Lipinski definition) is 0. The monoisotopic (exact) mass is 270 g/mol. The average molecular weight is 270 g/mol. The Kier molecular flexibility index (Phi) is 3.70. The number of rotatable bonds is 4. The second-order valence-corrected chi connectivity index (χ2v) is 5.25. The zero-order valence-electron chi connectivity index (χ0n) is 8.50. The van der Waals surface area contributed by atoms with Gasteiger partial charge in [0.2, 0.25) is 5.82 Å². The fraction of sp³-hybridized carbons (Fsp3) is 0.100. The highest BCUT2D eigenvalue weighted by atomic mass is 32.2. The molecular weight excluding hydrogens is 263 g/mol. The molecule has 0 unspecified atom stereocenters. The van der Waals surface area contributed by atoms with Gasteiger partial charge in [0.25, 0.3) is 0 Å². The molecule has 2 rings (SSSR count). The number of nitro benzene ring substituents is 1. The summed E-state index contributed by atoms with van der Waals surface area (Å²) in [6.45, 7) is 0. The molecule has 1 aromatic carbocycles. The van der Waals surface area contributed by atoms with E-state index in [1.807, 2.05) is 5.38 Å². The minimum atomic E-state index is -0.799. The Bertz CT molecular complexity index is 531. The lowest BCUT2D eigenvalue weighted by molar-refractivity contribution is -0.387. The highest BCUT2D eigenvalue weighted by Crippen LogP contribution is 2.26. The number of nitro groups is 1. The van der Waals surface area contributed by atoms with Gasteiger partial charge in [-0.2, -0.15) is 4.39 Å². The standard InChI is InChI=1S/C10H7FN2O2S2/c11-8-5-7(1-2-9(8)13(14)15)6-17-10-12-3-4-16-10/h1-5H,6H2. The summed E-state index contributed by atoms with van der Waals surface area (Å²) < 4.78 is 14.2. The van der Waals surface area contributed by atoms with Crippen molar-refractivity contribution in [1.82, 2.24) is 4.98 Å². The summed E-state index contributed by atoms with van der Waals surface area (Å²) in [5, 5.41) is 12.3. The molecule has 88 valence electrons. The molecule has 0 aliphatic carbocycles. The second-order valence-electron chi connectivity index (χ2n) is 3.13. The Hall–Kier alpha value is -1.47. The molecule has 17 heavy (non-hydrogen) atoms. The van der Waals surface area contributed by atoms with Crippen LogP contribution in [0.15, 0.2) is 34.1 Å². The molecule has 0 aliphatic rings. The SMILES string of the molecule is O=[N+]([O-])c1ccc(CSc2nccs2)cc1F. The lowest BCUT2D eigenvalue weighted by atomic mass is 10.2. The van der Waals surface area contributed by atoms with Crippen molar-refractivity contribution in [2.75, 3.05) is 0 Å². The van der Waals surface area contributed by atoms with Crippen molar-refractivity contribution in [3.05, 3.63) is 51.3 Å². The fourth-order valence-electron chi connectivity index (χ4n) is 1.21. The van der Waals surface area contributed by atoms with Crippen LogP contribution in [0.1, 0.15) is 5.56 Å². The molecule has 0 fully saturated rings. The summed E-state index contributed by atoms with van der Waals surface area (Å²) in [6, 6.07) is 3.94. The highest BCUT2D eigenvalue weighted by Gasteiger charge is 2.13. The van der Waals surface area contributed by atoms with Gasteiger partial charge in [-0.25, -0.2) is 4.98 Å². The van der Waals surface area contributed by atoms with Gasteiger partial charge in [-0.3, -0.25) is 10.1 Å². The quantitative estimate of drug-likeness (QED) is 0.485. The van der Waals surface area contributed by atoms with Crippen molar-refractivity contribution in [2.45, 2.75) is 10.1 Å². The summed E-state index contributed by atoms with van der Waals surface area (Å²) >= 11 is 2.98. The number of halogens is 1. The molecular formula is C10H7FN2O2S2. The average Bonchev–Trinajstić information content (AvgIpc) is 2.78. The third kappa shape index (κ3) is 3.01. The Morgan fingerprint density at radius 2 is 2.35 bits per heavy atom. The predicted octanol–water partition coefficient (Wildman–Crippen LogP) is 3.48. The van der Waals surface area contributed by atoms with E-state index in [4.69, 9.17) is 0 Å². The number of thiazole rings is 1. The maximum atomic E-state index is 13.3. The van der Waals surface area contributed by atoms with Crippen molar-refractivity contribution in [1.29, 1.82) is 0 Å². The molecule has 0 saturated carbocycles. The minimum Gasteiger partial charge on any atom is -0.258 e. The molecule has 2 aromatic rings. The van der Waals surface area contributed by atoms with E-state index >= 15 is 0 Å². The van der Waals surface area contributed by atoms with Gasteiger partial charge >= 0.3 is 5.69 Å². The van der Waals surface area contributed by atoms with Crippen LogP contribution < -0.4 is 0 Å². The van der Waals surface area contributed by atoms with Gasteiger partial charge in [0, 0.05) is 23.4 Å². The molecule has 7 heteroatoms. The van der Waals surface area contributed by atoms with E-state index in [-0.39, 0.29) is 0 Å². The lowest BCUT2D eigenvalue weighted by Gasteiger charge is -2.00. The van der Waals surface area contributed by atoms with Crippen LogP contribution in [0.5, 0.6) is 0 Å². The summed E-state index contributed by atoms with van der Waals surface area (Å²) in [7, 11) is 0. The third-order valence-electron chi connectivity index (χ3n) is 1.98. The molecule has 0 N–H and O–H groups in total. The maximum absolute atomic E-state index is 13.3. The van der Waals surface area contributed by atoms with E-state index in [1.165, 1.54) is 35.2 Å². The predicted molar refractivity (Wildman–Crippen MR) is 64.7 cm³/mol. The van der Waals surface area contributed by atoms with Gasteiger partial charge in [-0.15, -0.1) is 11.3 Å². The molecule has 1 aromatic heterocycles. The van der Waals surface area contributed by atoms with Crippen molar-refractivity contribution in [3.8, 4) is 0 Å². The first-order chi connectivity index (χ1) is 8.16. The highest BCUT2D eigenvalue weighted by molar-refractivity contribution is 8.00. The summed E-state index contributed by atoms with van der Waals surface area (Å²) in [5.41, 5.74) is 0.210. The van der Waals surface area contributed by atoms with Crippen molar-refractivity contribution < 1.29 is 9.31 Å². The molecule has 0 atom stereocenters. The van der Waals surface area contributed by atoms with Gasteiger partial charge < -0.3 is 0 Å². The van der Waals surface area contributed by atoms with Crippen LogP contribution in [0.3, 0.4) is 0 Å². The van der Waals surface area contributed by atoms with Gasteiger partial charge in [-0.1, -0.05) is 17.8 Å². The largest absolute Gasteiger partial charge is 0.304 e. The van der Waals surface area contributed by atoms with Crippen molar-refractivity contribution in [3.63, 3.8) is 0 Å². The molecule has 4 nitrogen and oxygen atoms in total. The van der Waals surface area contributed by atoms with E-state index in [9.17, 15) is 14.5 Å². The van der Waals surface area contributed by atoms with Crippen LogP contribution in [0.25, 0.3) is 0 Å². The molecule has 0 radical (unpaired) electrons. The summed E-state index contributed by atoms with van der Waals surface area (Å²) in [5.74, 6) is -0.255. The van der Waals surface area contributed by atoms with Gasteiger partial charge in [0.05, 0.1) is 4.92 Å². The number of thioether (sulfide) groups is 1. The first-order valence-corrected chi connectivity index (χ1v) is 6.48. The van der Waals surface area contributed by atoms with Crippen LogP contribution in [0.2, 0.25) is 0 Å². The topological polar surface area (TPSA) is 56.0 Å². The number of nitrogens with zero attached hydrogens (tertiary/aromatic N) is 2. The molecule has 0 aliphatic heterocycles. The minimum absolute atomic E-state index is 0.493. The molecule has 0 saturated heterocycles. The normalized spacial score (nSPS) is 10.4. The van der Waals surface area contributed by atoms with E-state index in [2.05, 4.69) is 4.98 Å². The zero-order chi connectivity index (χ0) is 12.3. The maximum Gasteiger partial charge on any atom is 0.304 e. The van der Waals surface area contributed by atoms with Crippen LogP contribution in [0.4, 0.5) is 10.1 Å². The van der Waals surface area contributed by atoms with E-state index in [0.717, 1.165) is 4.34 Å². The molecule has 0 amide bonds. The van der Waals surface area contributed by atoms with Crippen molar-refractivity contribution in [2.24, 2.45) is 0 Å². The third-order valence-corrected chi connectivity index (χ3v) is 4.02. The molecule has 0 bridgehead atoms. The van der Waals surface area contributed by atoms with Gasteiger partial charge in [-0.05, 0) is 11.6 Å². The van der Waals surface area contributed by atoms with Crippen LogP contribution in [0, 0.1) is 15.9 Å². The second kappa shape index (κ2) is 5.24. The van der Waals surface area contributed by atoms with Crippen LogP contribution in [-0.2, 0) is 5.75 Å². The first kappa shape index (κ1) is 12.0. The molecule has 1 heterocycles. The van der Waals surface area contributed by atoms with E-state index in [1.54, 1.807) is 12.3 Å². The Balaban J connectivity index is 2.07. The number of aromatic nitrogens is 1. The molecule has 0 spiro atoms. The van der Waals surface area contributed by atoms with Gasteiger partial charge in [0.1, 0.15) is 4.34 Å². The van der Waals surface area contributed by atoms with Gasteiger partial charge in [0.15, 0.2) is 0 Å². The van der Waals surface area contributed by atoms with Crippen LogP contribution >= 0.6 is 23.1 Å². The Labute approximate surface area is 105 Å². The Morgan fingerprint density at radius 1 is 1.53 bits per heavy atom. The smallest absolute Gasteiger partial charge is 0.258 e. The number of hydrogen-bond acceptors (Lipinski definition) is 5. The zero-order valence-corrected chi connectivity index (χ0v) is 10.1. The summed E-state index contributed by atoms with van der Waals surface area (Å²) in [4.78, 5) is 13.8. The van der Waals surface area contributed by atoms with Crippen LogP contribution in [-0.4, -0.2) is 9.91 Å². The van der Waals surface area contributed by atoms with Crippen molar-refractivity contribution >= 4 is 28.8 Å². The first-order valence-electron chi connectivity index (χ1n) is 4.62.